The SMILES string of the molecule is CC(C)(C)OC(=O)C1(C(F)(F)F)CC1.N=S(=O)=O. The van der Waals surface area contributed by atoms with Crippen molar-refractivity contribution in [2.24, 2.45) is 5.41 Å². The molecule has 0 heterocycles. The summed E-state index contributed by atoms with van der Waals surface area (Å²) in [5.74, 6) is -1.14. The van der Waals surface area contributed by atoms with Crippen LogP contribution in [0.25, 0.3) is 0 Å². The lowest BCUT2D eigenvalue weighted by molar-refractivity contribution is -0.213. The number of alkyl halides is 3. The fourth-order valence-electron chi connectivity index (χ4n) is 1.10. The van der Waals surface area contributed by atoms with E-state index in [0.29, 0.717) is 0 Å². The Bertz CT molecular complexity index is 410. The number of halogens is 3. The number of carbonyl (C=O) groups is 1. The summed E-state index contributed by atoms with van der Waals surface area (Å²) in [5, 5.41) is 0. The van der Waals surface area contributed by atoms with Crippen LogP contribution in [0.5, 0.6) is 0 Å². The molecular weight excluding hydrogens is 275 g/mol. The Morgan fingerprint density at radius 3 is 1.72 bits per heavy atom. The summed E-state index contributed by atoms with van der Waals surface area (Å²) in [4.78, 5) is 11.2. The summed E-state index contributed by atoms with van der Waals surface area (Å²) < 4.78 is 64.8. The first-order chi connectivity index (χ1) is 7.82. The van der Waals surface area contributed by atoms with Crippen LogP contribution in [0.1, 0.15) is 33.6 Å². The molecule has 0 atom stereocenters. The van der Waals surface area contributed by atoms with Gasteiger partial charge in [0.2, 0.25) is 0 Å². The highest BCUT2D eigenvalue weighted by atomic mass is 32.2. The fraction of sp³-hybridized carbons (Fsp3) is 0.889. The number of esters is 1. The van der Waals surface area contributed by atoms with E-state index in [0.717, 1.165) is 0 Å². The standard InChI is InChI=1S/C9H13F3O2.HNO2S/c1-7(2,3)14-6(13)8(4-5-8)9(10,11)12;1-4(2)3/h4-5H2,1-3H3;1H. The molecular formula is C9H14F3NO4S. The number of ether oxygens (including phenoxy) is 1. The van der Waals surface area contributed by atoms with Gasteiger partial charge >= 0.3 is 22.6 Å². The second kappa shape index (κ2) is 5.25. The molecule has 1 N–H and O–H groups in total. The van der Waals surface area contributed by atoms with Gasteiger partial charge in [-0.2, -0.15) is 26.4 Å². The number of rotatable bonds is 1. The molecule has 0 aromatic carbocycles. The van der Waals surface area contributed by atoms with E-state index < -0.39 is 33.7 Å². The van der Waals surface area contributed by atoms with Crippen LogP contribution < -0.4 is 0 Å². The molecule has 0 aromatic rings. The zero-order valence-corrected chi connectivity index (χ0v) is 10.9. The van der Waals surface area contributed by atoms with E-state index >= 15 is 0 Å². The second-order valence-electron chi connectivity index (χ2n) is 4.82. The minimum Gasteiger partial charge on any atom is -0.459 e. The molecule has 0 amide bonds. The van der Waals surface area contributed by atoms with Gasteiger partial charge in [0.25, 0.3) is 0 Å². The number of hydrogen-bond acceptors (Lipinski definition) is 5. The highest BCUT2D eigenvalue weighted by molar-refractivity contribution is 7.60. The third-order valence-corrected chi connectivity index (χ3v) is 2.08. The Morgan fingerprint density at radius 1 is 1.22 bits per heavy atom. The predicted molar refractivity (Wildman–Crippen MR) is 55.2 cm³/mol. The molecule has 0 aliphatic heterocycles. The third kappa shape index (κ3) is 5.03. The van der Waals surface area contributed by atoms with Gasteiger partial charge in [-0.05, 0) is 33.6 Å². The molecule has 1 aliphatic carbocycles. The van der Waals surface area contributed by atoms with Crippen molar-refractivity contribution in [2.75, 3.05) is 0 Å². The molecule has 18 heavy (non-hydrogen) atoms. The van der Waals surface area contributed by atoms with Crippen LogP contribution in [0.2, 0.25) is 0 Å². The van der Waals surface area contributed by atoms with Crippen molar-refractivity contribution in [2.45, 2.75) is 45.4 Å². The predicted octanol–water partition coefficient (Wildman–Crippen LogP) is 2.30. The summed E-state index contributed by atoms with van der Waals surface area (Å²) in [6.07, 6.45) is -4.77. The van der Waals surface area contributed by atoms with E-state index in [1.807, 2.05) is 0 Å². The summed E-state index contributed by atoms with van der Waals surface area (Å²) in [7, 11) is -2.61. The quantitative estimate of drug-likeness (QED) is 0.751. The van der Waals surface area contributed by atoms with E-state index in [2.05, 4.69) is 0 Å². The Kier molecular flexibility index (Phi) is 4.92. The fourth-order valence-corrected chi connectivity index (χ4v) is 1.10. The maximum absolute atomic E-state index is 12.4. The third-order valence-electron chi connectivity index (χ3n) is 2.08. The van der Waals surface area contributed by atoms with Gasteiger partial charge < -0.3 is 4.74 Å². The minimum absolute atomic E-state index is 0.147. The molecule has 1 saturated carbocycles. The molecule has 1 rings (SSSR count). The van der Waals surface area contributed by atoms with Crippen molar-refractivity contribution in [3.05, 3.63) is 0 Å². The van der Waals surface area contributed by atoms with Crippen LogP contribution in [0.3, 0.4) is 0 Å². The van der Waals surface area contributed by atoms with E-state index in [-0.39, 0.29) is 12.8 Å². The van der Waals surface area contributed by atoms with Gasteiger partial charge in [0.05, 0.1) is 0 Å². The van der Waals surface area contributed by atoms with Gasteiger partial charge in [0, 0.05) is 0 Å². The minimum atomic E-state index is -4.48. The highest BCUT2D eigenvalue weighted by Gasteiger charge is 2.70. The lowest BCUT2D eigenvalue weighted by Gasteiger charge is -2.24. The van der Waals surface area contributed by atoms with Gasteiger partial charge in [0.15, 0.2) is 5.41 Å². The van der Waals surface area contributed by atoms with Crippen molar-refractivity contribution in [3.8, 4) is 0 Å². The van der Waals surface area contributed by atoms with Gasteiger partial charge in [-0.15, -0.1) is 0 Å². The molecule has 106 valence electrons. The van der Waals surface area contributed by atoms with E-state index in [1.165, 1.54) is 0 Å². The van der Waals surface area contributed by atoms with Crippen molar-refractivity contribution in [1.82, 2.24) is 0 Å². The van der Waals surface area contributed by atoms with Crippen molar-refractivity contribution < 1.29 is 31.1 Å². The molecule has 5 nitrogen and oxygen atoms in total. The number of nitrogens with one attached hydrogen (secondary N) is 1. The van der Waals surface area contributed by atoms with E-state index in [4.69, 9.17) is 17.9 Å². The molecule has 0 unspecified atom stereocenters. The average molecular weight is 289 g/mol. The van der Waals surface area contributed by atoms with E-state index in [9.17, 15) is 18.0 Å². The Balaban J connectivity index is 0.000000631. The number of carbonyl (C=O) groups excluding carboxylic acids is 1. The summed E-state index contributed by atoms with van der Waals surface area (Å²) in [5.41, 5.74) is -3.07. The maximum Gasteiger partial charge on any atom is 0.404 e. The Hall–Kier alpha value is -1.12. The molecule has 0 spiro atoms. The zero-order chi connectivity index (χ0) is 14.8. The van der Waals surface area contributed by atoms with Crippen LogP contribution in [0.4, 0.5) is 13.2 Å². The molecule has 0 saturated heterocycles. The summed E-state index contributed by atoms with van der Waals surface area (Å²) in [6, 6.07) is 0. The van der Waals surface area contributed by atoms with Crippen molar-refractivity contribution >= 4 is 16.5 Å². The molecule has 0 radical (unpaired) electrons. The van der Waals surface area contributed by atoms with Crippen LogP contribution in [0, 0.1) is 10.2 Å². The summed E-state index contributed by atoms with van der Waals surface area (Å²) in [6.45, 7) is 4.66. The molecule has 0 aromatic heterocycles. The molecule has 9 heteroatoms. The van der Waals surface area contributed by atoms with Gasteiger partial charge in [-0.1, -0.05) is 0 Å². The Labute approximate surface area is 104 Å². The summed E-state index contributed by atoms with van der Waals surface area (Å²) >= 11 is 0. The highest BCUT2D eigenvalue weighted by Crippen LogP contribution is 2.58. The first kappa shape index (κ1) is 16.9. The van der Waals surface area contributed by atoms with Crippen LogP contribution in [-0.2, 0) is 20.0 Å². The van der Waals surface area contributed by atoms with Crippen LogP contribution in [-0.4, -0.2) is 26.2 Å². The first-order valence-corrected chi connectivity index (χ1v) is 6.00. The topological polar surface area (TPSA) is 84.3 Å². The largest absolute Gasteiger partial charge is 0.459 e. The van der Waals surface area contributed by atoms with Gasteiger partial charge in [-0.3, -0.25) is 4.79 Å². The van der Waals surface area contributed by atoms with Crippen molar-refractivity contribution in [1.29, 1.82) is 4.78 Å². The molecule has 1 aliphatic rings. The van der Waals surface area contributed by atoms with Gasteiger partial charge in [0.1, 0.15) is 5.60 Å². The first-order valence-electron chi connectivity index (χ1n) is 4.92. The Morgan fingerprint density at radius 2 is 1.56 bits per heavy atom. The van der Waals surface area contributed by atoms with Crippen LogP contribution >= 0.6 is 0 Å². The lowest BCUT2D eigenvalue weighted by atomic mass is 10.1. The van der Waals surface area contributed by atoms with Gasteiger partial charge in [-0.25, -0.2) is 0 Å². The molecule has 1 fully saturated rings. The second-order valence-corrected chi connectivity index (χ2v) is 5.29. The monoisotopic (exact) mass is 289 g/mol. The van der Waals surface area contributed by atoms with Crippen molar-refractivity contribution in [3.63, 3.8) is 0 Å². The van der Waals surface area contributed by atoms with E-state index in [1.54, 1.807) is 20.8 Å². The lowest BCUT2D eigenvalue weighted by Crippen LogP contribution is -2.38. The smallest absolute Gasteiger partial charge is 0.404 e. The zero-order valence-electron chi connectivity index (χ0n) is 10.1. The molecule has 0 bridgehead atoms. The maximum atomic E-state index is 12.4. The number of hydrogen-bond donors (Lipinski definition) is 1. The average Bonchev–Trinajstić information content (AvgIpc) is 2.75. The van der Waals surface area contributed by atoms with Crippen LogP contribution in [0.15, 0.2) is 0 Å². The normalized spacial score (nSPS) is 17.2.